The van der Waals surface area contributed by atoms with E-state index >= 15 is 0 Å². The highest BCUT2D eigenvalue weighted by Crippen LogP contribution is 2.23. The largest absolute Gasteiger partial charge is 0.371 e. The van der Waals surface area contributed by atoms with Gasteiger partial charge in [0.2, 0.25) is 0 Å². The zero-order chi connectivity index (χ0) is 20.2. The number of Topliss-reactive ketones (excluding diaryl/α,β-unsaturated/α-hetero) is 1. The second kappa shape index (κ2) is 8.76. The molecule has 1 atom stereocenters. The summed E-state index contributed by atoms with van der Waals surface area (Å²) >= 11 is 0. The number of nitrogens with zero attached hydrogens (tertiary/aromatic N) is 2. The highest BCUT2D eigenvalue weighted by molar-refractivity contribution is 5.99. The van der Waals surface area contributed by atoms with Crippen LogP contribution in [0.25, 0.3) is 0 Å². The minimum absolute atomic E-state index is 0.0308. The number of benzene rings is 2. The Kier molecular flexibility index (Phi) is 5.93. The number of rotatable bonds is 6. The number of aryl methyl sites for hydroxylation is 1. The molecule has 0 spiro atoms. The standard InChI is InChI=1S/C25H28N2O2/c1-19-15-23(20(2)27(19)16-21-9-5-3-6-10-21)24(28)17-26-13-14-29-25(18-26)22-11-7-4-8-12-22/h3-12,15,25H,13-14,16-18H2,1-2H3/t25-/m0/s1. The van der Waals surface area contributed by atoms with E-state index in [1.54, 1.807) is 0 Å². The molecule has 2 heterocycles. The summed E-state index contributed by atoms with van der Waals surface area (Å²) in [5, 5.41) is 0. The molecule has 3 aromatic rings. The van der Waals surface area contributed by atoms with E-state index in [4.69, 9.17) is 4.74 Å². The van der Waals surface area contributed by atoms with E-state index in [9.17, 15) is 4.79 Å². The van der Waals surface area contributed by atoms with Crippen LogP contribution in [0.4, 0.5) is 0 Å². The SMILES string of the molecule is Cc1cc(C(=O)CN2CCO[C@H](c3ccccc3)C2)c(C)n1Cc1ccccc1. The van der Waals surface area contributed by atoms with Crippen molar-refractivity contribution < 1.29 is 9.53 Å². The fraction of sp³-hybridized carbons (Fsp3) is 0.320. The van der Waals surface area contributed by atoms with Crippen molar-refractivity contribution in [3.63, 3.8) is 0 Å². The molecular weight excluding hydrogens is 360 g/mol. The number of hydrogen-bond donors (Lipinski definition) is 0. The summed E-state index contributed by atoms with van der Waals surface area (Å²) in [4.78, 5) is 15.3. The van der Waals surface area contributed by atoms with Crippen molar-refractivity contribution >= 4 is 5.78 Å². The molecule has 1 aliphatic heterocycles. The van der Waals surface area contributed by atoms with Crippen LogP contribution in [0.5, 0.6) is 0 Å². The van der Waals surface area contributed by atoms with Gasteiger partial charge in [-0.15, -0.1) is 0 Å². The maximum atomic E-state index is 13.1. The summed E-state index contributed by atoms with van der Waals surface area (Å²) in [5.41, 5.74) is 5.42. The molecule has 1 fully saturated rings. The van der Waals surface area contributed by atoms with Crippen LogP contribution in [0.3, 0.4) is 0 Å². The molecule has 0 amide bonds. The van der Waals surface area contributed by atoms with Gasteiger partial charge in [-0.1, -0.05) is 60.7 Å². The average molecular weight is 389 g/mol. The topological polar surface area (TPSA) is 34.5 Å². The predicted molar refractivity (Wildman–Crippen MR) is 115 cm³/mol. The van der Waals surface area contributed by atoms with E-state index in [0.29, 0.717) is 13.2 Å². The first kappa shape index (κ1) is 19.6. The second-order valence-corrected chi connectivity index (χ2v) is 7.78. The lowest BCUT2D eigenvalue weighted by molar-refractivity contribution is -0.0275. The van der Waals surface area contributed by atoms with E-state index in [1.165, 1.54) is 11.1 Å². The number of ketones is 1. The third kappa shape index (κ3) is 4.50. The van der Waals surface area contributed by atoms with Crippen LogP contribution in [0, 0.1) is 13.8 Å². The Bertz CT molecular complexity index is 963. The fourth-order valence-electron chi connectivity index (χ4n) is 4.10. The van der Waals surface area contributed by atoms with E-state index < -0.39 is 0 Å². The van der Waals surface area contributed by atoms with E-state index in [-0.39, 0.29) is 11.9 Å². The normalized spacial score (nSPS) is 17.4. The zero-order valence-corrected chi connectivity index (χ0v) is 17.2. The lowest BCUT2D eigenvalue weighted by atomic mass is 10.1. The van der Waals surface area contributed by atoms with Crippen LogP contribution < -0.4 is 0 Å². The molecule has 0 bridgehead atoms. The fourth-order valence-corrected chi connectivity index (χ4v) is 4.10. The number of aromatic nitrogens is 1. The Balaban J connectivity index is 1.45. The molecule has 4 nitrogen and oxygen atoms in total. The van der Waals surface area contributed by atoms with Crippen molar-refractivity contribution in [2.45, 2.75) is 26.5 Å². The van der Waals surface area contributed by atoms with Gasteiger partial charge in [-0.3, -0.25) is 9.69 Å². The quantitative estimate of drug-likeness (QED) is 0.587. The van der Waals surface area contributed by atoms with Gasteiger partial charge < -0.3 is 9.30 Å². The van der Waals surface area contributed by atoms with Gasteiger partial charge >= 0.3 is 0 Å². The molecular formula is C25H28N2O2. The molecule has 1 aromatic heterocycles. The van der Waals surface area contributed by atoms with Gasteiger partial charge in [0.15, 0.2) is 5.78 Å². The number of hydrogen-bond acceptors (Lipinski definition) is 3. The zero-order valence-electron chi connectivity index (χ0n) is 17.2. The summed E-state index contributed by atoms with van der Waals surface area (Å²) in [5.74, 6) is 0.186. The van der Waals surface area contributed by atoms with Gasteiger partial charge in [0.1, 0.15) is 0 Å². The van der Waals surface area contributed by atoms with E-state index in [0.717, 1.165) is 36.6 Å². The minimum atomic E-state index is 0.0308. The Morgan fingerprint density at radius 2 is 1.72 bits per heavy atom. The van der Waals surface area contributed by atoms with Crippen LogP contribution >= 0.6 is 0 Å². The first-order chi connectivity index (χ1) is 14.1. The number of carbonyl (C=O) groups excluding carboxylic acids is 1. The van der Waals surface area contributed by atoms with Crippen LogP contribution in [0.15, 0.2) is 66.7 Å². The minimum Gasteiger partial charge on any atom is -0.371 e. The number of morpholine rings is 1. The average Bonchev–Trinajstić information content (AvgIpc) is 3.04. The van der Waals surface area contributed by atoms with Crippen molar-refractivity contribution in [3.05, 3.63) is 94.8 Å². The number of ether oxygens (including phenoxy) is 1. The second-order valence-electron chi connectivity index (χ2n) is 7.78. The molecule has 2 aromatic carbocycles. The molecule has 0 radical (unpaired) electrons. The summed E-state index contributed by atoms with van der Waals surface area (Å²) in [6, 6.07) is 22.7. The summed E-state index contributed by atoms with van der Waals surface area (Å²) in [7, 11) is 0. The summed E-state index contributed by atoms with van der Waals surface area (Å²) < 4.78 is 8.17. The molecule has 0 N–H and O–H groups in total. The van der Waals surface area contributed by atoms with Crippen LogP contribution in [-0.2, 0) is 11.3 Å². The molecule has 0 saturated carbocycles. The maximum Gasteiger partial charge on any atom is 0.178 e. The Labute approximate surface area is 172 Å². The highest BCUT2D eigenvalue weighted by atomic mass is 16.5. The van der Waals surface area contributed by atoms with Gasteiger partial charge in [0.05, 0.1) is 19.3 Å². The van der Waals surface area contributed by atoms with Gasteiger partial charge in [0, 0.05) is 36.6 Å². The van der Waals surface area contributed by atoms with Crippen LogP contribution in [-0.4, -0.2) is 41.5 Å². The van der Waals surface area contributed by atoms with Gasteiger partial charge in [-0.05, 0) is 31.0 Å². The Hall–Kier alpha value is -2.69. The third-order valence-electron chi connectivity index (χ3n) is 5.75. The van der Waals surface area contributed by atoms with Gasteiger partial charge in [-0.25, -0.2) is 0 Å². The monoisotopic (exact) mass is 388 g/mol. The molecule has 4 rings (SSSR count). The lowest BCUT2D eigenvalue weighted by Gasteiger charge is -2.32. The van der Waals surface area contributed by atoms with Crippen molar-refractivity contribution in [2.75, 3.05) is 26.2 Å². The summed E-state index contributed by atoms with van der Waals surface area (Å²) in [6.07, 6.45) is 0.0308. The first-order valence-electron chi connectivity index (χ1n) is 10.2. The van der Waals surface area contributed by atoms with Gasteiger partial charge in [-0.2, -0.15) is 0 Å². The lowest BCUT2D eigenvalue weighted by Crippen LogP contribution is -2.41. The maximum absolute atomic E-state index is 13.1. The van der Waals surface area contributed by atoms with Crippen LogP contribution in [0.1, 0.15) is 39.0 Å². The third-order valence-corrected chi connectivity index (χ3v) is 5.75. The first-order valence-corrected chi connectivity index (χ1v) is 10.2. The molecule has 1 aliphatic rings. The predicted octanol–water partition coefficient (Wildman–Crippen LogP) is 4.41. The molecule has 0 aliphatic carbocycles. The molecule has 1 saturated heterocycles. The number of carbonyl (C=O) groups is 1. The Morgan fingerprint density at radius 1 is 1.03 bits per heavy atom. The molecule has 0 unspecified atom stereocenters. The van der Waals surface area contributed by atoms with Crippen LogP contribution in [0.2, 0.25) is 0 Å². The molecule has 4 heteroatoms. The van der Waals surface area contributed by atoms with Crippen molar-refractivity contribution in [1.82, 2.24) is 9.47 Å². The molecule has 150 valence electrons. The van der Waals surface area contributed by atoms with Crippen molar-refractivity contribution in [1.29, 1.82) is 0 Å². The summed E-state index contributed by atoms with van der Waals surface area (Å²) in [6.45, 7) is 7.54. The van der Waals surface area contributed by atoms with Gasteiger partial charge in [0.25, 0.3) is 0 Å². The molecule has 29 heavy (non-hydrogen) atoms. The van der Waals surface area contributed by atoms with Crippen molar-refractivity contribution in [3.8, 4) is 0 Å². The van der Waals surface area contributed by atoms with Crippen molar-refractivity contribution in [2.24, 2.45) is 0 Å². The Morgan fingerprint density at radius 3 is 2.45 bits per heavy atom. The van der Waals surface area contributed by atoms with E-state index in [1.807, 2.05) is 30.3 Å². The smallest absolute Gasteiger partial charge is 0.178 e. The highest BCUT2D eigenvalue weighted by Gasteiger charge is 2.25. The van der Waals surface area contributed by atoms with E-state index in [2.05, 4.69) is 59.7 Å².